The zero-order valence-electron chi connectivity index (χ0n) is 14.4. The second-order valence-corrected chi connectivity index (χ2v) is 7.56. The molecule has 3 heteroatoms. The van der Waals surface area contributed by atoms with Crippen LogP contribution in [-0.2, 0) is 6.54 Å². The third kappa shape index (κ3) is 4.99. The molecule has 3 nitrogen and oxygen atoms in total. The molecule has 118 valence electrons. The average Bonchev–Trinajstić information content (AvgIpc) is 2.45. The summed E-state index contributed by atoms with van der Waals surface area (Å²) in [6.07, 6.45) is 3.95. The van der Waals surface area contributed by atoms with Crippen LogP contribution in [0.2, 0.25) is 0 Å². The van der Waals surface area contributed by atoms with Gasteiger partial charge in [0.2, 0.25) is 0 Å². The van der Waals surface area contributed by atoms with Gasteiger partial charge in [-0.15, -0.1) is 0 Å². The number of hydrogen-bond donors (Lipinski definition) is 1. The lowest BCUT2D eigenvalue weighted by molar-refractivity contribution is 0.424. The molecule has 2 rings (SSSR count). The topological polar surface area (TPSA) is 28.2 Å². The summed E-state index contributed by atoms with van der Waals surface area (Å²) in [6, 6.07) is 4.53. The standard InChI is InChI=1S/C18H31N3/c1-14(2)16-11-15(13-19-18(3,4)5)12-17(20-16)21-9-7-6-8-10-21/h11-12,14,19H,6-10,13H2,1-5H3. The Balaban J connectivity index is 2.21. The number of pyridine rings is 1. The smallest absolute Gasteiger partial charge is 0.129 e. The number of nitrogens with zero attached hydrogens (tertiary/aromatic N) is 2. The van der Waals surface area contributed by atoms with Crippen molar-refractivity contribution < 1.29 is 0 Å². The molecule has 21 heavy (non-hydrogen) atoms. The molecule has 0 unspecified atom stereocenters. The van der Waals surface area contributed by atoms with Crippen LogP contribution in [0.3, 0.4) is 0 Å². The molecule has 1 N–H and O–H groups in total. The van der Waals surface area contributed by atoms with E-state index in [4.69, 9.17) is 4.98 Å². The highest BCUT2D eigenvalue weighted by Gasteiger charge is 2.16. The summed E-state index contributed by atoms with van der Waals surface area (Å²) in [6.45, 7) is 14.3. The molecule has 1 aliphatic rings. The Kier molecular flexibility index (Phi) is 5.26. The van der Waals surface area contributed by atoms with Crippen LogP contribution in [0.5, 0.6) is 0 Å². The monoisotopic (exact) mass is 289 g/mol. The first-order valence-electron chi connectivity index (χ1n) is 8.36. The van der Waals surface area contributed by atoms with Crippen molar-refractivity contribution in [1.82, 2.24) is 10.3 Å². The van der Waals surface area contributed by atoms with Gasteiger partial charge in [0.15, 0.2) is 0 Å². The number of anilines is 1. The van der Waals surface area contributed by atoms with Gasteiger partial charge in [0, 0.05) is 30.9 Å². The first-order chi connectivity index (χ1) is 9.85. The zero-order valence-corrected chi connectivity index (χ0v) is 14.4. The summed E-state index contributed by atoms with van der Waals surface area (Å²) in [7, 11) is 0. The summed E-state index contributed by atoms with van der Waals surface area (Å²) in [5.41, 5.74) is 2.71. The molecule has 0 bridgehead atoms. The maximum absolute atomic E-state index is 4.90. The van der Waals surface area contributed by atoms with E-state index in [0.717, 1.165) is 19.6 Å². The molecular weight excluding hydrogens is 258 g/mol. The minimum atomic E-state index is 0.145. The molecule has 1 aromatic heterocycles. The number of piperidine rings is 1. The van der Waals surface area contributed by atoms with E-state index >= 15 is 0 Å². The number of aromatic nitrogens is 1. The summed E-state index contributed by atoms with van der Waals surface area (Å²) in [5.74, 6) is 1.65. The van der Waals surface area contributed by atoms with E-state index in [1.54, 1.807) is 0 Å². The lowest BCUT2D eigenvalue weighted by Gasteiger charge is -2.29. The van der Waals surface area contributed by atoms with Crippen LogP contribution in [-0.4, -0.2) is 23.6 Å². The molecule has 0 amide bonds. The normalized spacial score (nSPS) is 16.6. The van der Waals surface area contributed by atoms with Crippen molar-refractivity contribution in [1.29, 1.82) is 0 Å². The highest BCUT2D eigenvalue weighted by molar-refractivity contribution is 5.43. The van der Waals surface area contributed by atoms with E-state index < -0.39 is 0 Å². The fourth-order valence-corrected chi connectivity index (χ4v) is 2.64. The maximum atomic E-state index is 4.90. The first kappa shape index (κ1) is 16.3. The Labute approximate surface area is 130 Å². The maximum Gasteiger partial charge on any atom is 0.129 e. The van der Waals surface area contributed by atoms with Crippen LogP contribution >= 0.6 is 0 Å². The Morgan fingerprint density at radius 1 is 1.14 bits per heavy atom. The van der Waals surface area contributed by atoms with Gasteiger partial charge in [-0.2, -0.15) is 0 Å². The van der Waals surface area contributed by atoms with Gasteiger partial charge in [-0.05, 0) is 63.6 Å². The number of hydrogen-bond acceptors (Lipinski definition) is 3. The molecule has 2 heterocycles. The first-order valence-corrected chi connectivity index (χ1v) is 8.36. The molecule has 1 fully saturated rings. The Hall–Kier alpha value is -1.09. The van der Waals surface area contributed by atoms with Crippen molar-refractivity contribution in [2.45, 2.75) is 71.9 Å². The fourth-order valence-electron chi connectivity index (χ4n) is 2.64. The molecule has 0 radical (unpaired) electrons. The van der Waals surface area contributed by atoms with Crippen molar-refractivity contribution in [3.05, 3.63) is 23.4 Å². The van der Waals surface area contributed by atoms with Crippen LogP contribution in [0.4, 0.5) is 5.82 Å². The van der Waals surface area contributed by atoms with E-state index in [1.807, 2.05) is 0 Å². The molecule has 1 aliphatic heterocycles. The van der Waals surface area contributed by atoms with Gasteiger partial charge < -0.3 is 10.2 Å². The lowest BCUT2D eigenvalue weighted by atomic mass is 10.0. The molecule has 0 saturated carbocycles. The van der Waals surface area contributed by atoms with Gasteiger partial charge in [-0.25, -0.2) is 4.98 Å². The van der Waals surface area contributed by atoms with Gasteiger partial charge in [0.1, 0.15) is 5.82 Å². The third-order valence-electron chi connectivity index (χ3n) is 3.99. The highest BCUT2D eigenvalue weighted by atomic mass is 15.2. The van der Waals surface area contributed by atoms with Gasteiger partial charge in [-0.1, -0.05) is 13.8 Å². The van der Waals surface area contributed by atoms with E-state index in [-0.39, 0.29) is 5.54 Å². The van der Waals surface area contributed by atoms with Gasteiger partial charge in [0.25, 0.3) is 0 Å². The Morgan fingerprint density at radius 2 is 1.81 bits per heavy atom. The van der Waals surface area contributed by atoms with Crippen molar-refractivity contribution in [3.63, 3.8) is 0 Å². The second-order valence-electron chi connectivity index (χ2n) is 7.56. The van der Waals surface area contributed by atoms with Crippen LogP contribution in [0.15, 0.2) is 12.1 Å². The summed E-state index contributed by atoms with van der Waals surface area (Å²) in [5, 5.41) is 3.59. The molecular formula is C18H31N3. The third-order valence-corrected chi connectivity index (χ3v) is 3.99. The van der Waals surface area contributed by atoms with Gasteiger partial charge in [-0.3, -0.25) is 0 Å². The largest absolute Gasteiger partial charge is 0.357 e. The minimum absolute atomic E-state index is 0.145. The van der Waals surface area contributed by atoms with Crippen LogP contribution in [0.1, 0.15) is 71.1 Å². The van der Waals surface area contributed by atoms with Gasteiger partial charge >= 0.3 is 0 Å². The van der Waals surface area contributed by atoms with Crippen LogP contribution in [0.25, 0.3) is 0 Å². The average molecular weight is 289 g/mol. The van der Waals surface area contributed by atoms with Crippen molar-refractivity contribution >= 4 is 5.82 Å². The molecule has 0 aromatic carbocycles. The Bertz CT molecular complexity index is 454. The van der Waals surface area contributed by atoms with Crippen molar-refractivity contribution in [3.8, 4) is 0 Å². The summed E-state index contributed by atoms with van der Waals surface area (Å²) in [4.78, 5) is 7.35. The van der Waals surface area contributed by atoms with Gasteiger partial charge in [0.05, 0.1) is 0 Å². The fraction of sp³-hybridized carbons (Fsp3) is 0.722. The van der Waals surface area contributed by atoms with E-state index in [2.05, 4.69) is 57.0 Å². The minimum Gasteiger partial charge on any atom is -0.357 e. The lowest BCUT2D eigenvalue weighted by Crippen LogP contribution is -2.35. The molecule has 1 aromatic rings. The Morgan fingerprint density at radius 3 is 2.38 bits per heavy atom. The molecule has 0 atom stereocenters. The number of rotatable bonds is 4. The highest BCUT2D eigenvalue weighted by Crippen LogP contribution is 2.23. The van der Waals surface area contributed by atoms with Crippen molar-refractivity contribution in [2.24, 2.45) is 0 Å². The second kappa shape index (κ2) is 6.78. The van der Waals surface area contributed by atoms with Crippen LogP contribution < -0.4 is 10.2 Å². The summed E-state index contributed by atoms with van der Waals surface area (Å²) < 4.78 is 0. The molecule has 0 aliphatic carbocycles. The quantitative estimate of drug-likeness (QED) is 0.905. The summed E-state index contributed by atoms with van der Waals surface area (Å²) >= 11 is 0. The van der Waals surface area contributed by atoms with Crippen LogP contribution in [0, 0.1) is 0 Å². The molecule has 0 spiro atoms. The predicted molar refractivity (Wildman–Crippen MR) is 91.0 cm³/mol. The zero-order chi connectivity index (χ0) is 15.5. The SMILES string of the molecule is CC(C)c1cc(CNC(C)(C)C)cc(N2CCCCC2)n1. The predicted octanol–water partition coefficient (Wildman–Crippen LogP) is 4.08. The number of nitrogens with one attached hydrogen (secondary N) is 1. The van der Waals surface area contributed by atoms with E-state index in [9.17, 15) is 0 Å². The molecule has 1 saturated heterocycles. The van der Waals surface area contributed by atoms with Crippen molar-refractivity contribution in [2.75, 3.05) is 18.0 Å². The van der Waals surface area contributed by atoms with E-state index in [0.29, 0.717) is 5.92 Å². The van der Waals surface area contributed by atoms with E-state index in [1.165, 1.54) is 36.3 Å².